The van der Waals surface area contributed by atoms with Crippen molar-refractivity contribution in [1.29, 1.82) is 0 Å². The molecule has 0 aromatic heterocycles. The van der Waals surface area contributed by atoms with E-state index in [1.54, 1.807) is 0 Å². The first-order valence-corrected chi connectivity index (χ1v) is 14.3. The van der Waals surface area contributed by atoms with Gasteiger partial charge in [-0.25, -0.2) is 0 Å². The Kier molecular flexibility index (Phi) is 16.4. The maximum Gasteiger partial charge on any atom is 0.0717 e. The van der Waals surface area contributed by atoms with E-state index in [0.717, 1.165) is 26.3 Å². The number of likely N-dealkylation sites (N-methyl/N-ethyl adjacent to an activating group) is 2. The lowest BCUT2D eigenvalue weighted by molar-refractivity contribution is 0.0991. The van der Waals surface area contributed by atoms with Crippen molar-refractivity contribution in [1.82, 2.24) is 9.80 Å². The monoisotopic (exact) mass is 496 g/mol. The first-order chi connectivity index (χ1) is 17.6. The van der Waals surface area contributed by atoms with Crippen LogP contribution < -0.4 is 0 Å². The van der Waals surface area contributed by atoms with Gasteiger partial charge in [0.25, 0.3) is 0 Å². The number of rotatable bonds is 21. The molecule has 0 atom stereocenters. The second-order valence-corrected chi connectivity index (χ2v) is 10.2. The molecule has 0 amide bonds. The van der Waals surface area contributed by atoms with E-state index in [-0.39, 0.29) is 0 Å². The molecule has 4 heteroatoms. The van der Waals surface area contributed by atoms with Crippen molar-refractivity contribution >= 4 is 0 Å². The van der Waals surface area contributed by atoms with Crippen molar-refractivity contribution in [3.63, 3.8) is 0 Å². The predicted octanol–water partition coefficient (Wildman–Crippen LogP) is 7.41. The molecular formula is C32H52N2O2. The van der Waals surface area contributed by atoms with Crippen LogP contribution >= 0.6 is 0 Å². The molecule has 0 heterocycles. The highest BCUT2D eigenvalue weighted by Crippen LogP contribution is 2.21. The number of benzene rings is 2. The Hall–Kier alpha value is -1.72. The Morgan fingerprint density at radius 3 is 1.25 bits per heavy atom. The second kappa shape index (κ2) is 19.4. The van der Waals surface area contributed by atoms with Crippen molar-refractivity contribution in [2.45, 2.75) is 78.4 Å². The largest absolute Gasteiger partial charge is 0.375 e. The lowest BCUT2D eigenvalue weighted by Crippen LogP contribution is -2.24. The third kappa shape index (κ3) is 13.5. The highest BCUT2D eigenvalue weighted by Gasteiger charge is 2.03. The Balaban J connectivity index is 1.62. The van der Waals surface area contributed by atoms with Gasteiger partial charge in [0.15, 0.2) is 0 Å². The molecule has 0 saturated carbocycles. The summed E-state index contributed by atoms with van der Waals surface area (Å²) in [6.45, 7) is 11.8. The Morgan fingerprint density at radius 2 is 0.889 bits per heavy atom. The second-order valence-electron chi connectivity index (χ2n) is 10.2. The molecule has 0 aliphatic heterocycles. The van der Waals surface area contributed by atoms with Crippen LogP contribution in [-0.2, 0) is 22.7 Å². The van der Waals surface area contributed by atoms with Gasteiger partial charge in [0, 0.05) is 13.1 Å². The molecular weight excluding hydrogens is 444 g/mol. The van der Waals surface area contributed by atoms with Crippen molar-refractivity contribution in [2.75, 3.05) is 53.5 Å². The smallest absolute Gasteiger partial charge is 0.0717 e. The van der Waals surface area contributed by atoms with Crippen LogP contribution in [0.3, 0.4) is 0 Å². The Bertz CT molecular complexity index is 708. The Morgan fingerprint density at radius 1 is 0.500 bits per heavy atom. The van der Waals surface area contributed by atoms with Gasteiger partial charge in [-0.2, -0.15) is 0 Å². The number of ether oxygens (including phenoxy) is 2. The van der Waals surface area contributed by atoms with Crippen LogP contribution in [0.25, 0.3) is 11.1 Å². The van der Waals surface area contributed by atoms with Crippen LogP contribution in [0.1, 0.15) is 76.3 Å². The van der Waals surface area contributed by atoms with E-state index in [1.165, 1.54) is 86.7 Å². The lowest BCUT2D eigenvalue weighted by atomic mass is 10.0. The van der Waals surface area contributed by atoms with Crippen LogP contribution in [0.15, 0.2) is 48.5 Å². The molecule has 0 aliphatic rings. The molecule has 202 valence electrons. The van der Waals surface area contributed by atoms with Crippen molar-refractivity contribution in [3.8, 4) is 11.1 Å². The van der Waals surface area contributed by atoms with Crippen LogP contribution in [-0.4, -0.2) is 63.3 Å². The van der Waals surface area contributed by atoms with Crippen LogP contribution in [0.4, 0.5) is 0 Å². The molecule has 2 aromatic carbocycles. The molecule has 0 N–H and O–H groups in total. The van der Waals surface area contributed by atoms with E-state index < -0.39 is 0 Å². The maximum atomic E-state index is 5.91. The van der Waals surface area contributed by atoms with Crippen molar-refractivity contribution < 1.29 is 9.47 Å². The first-order valence-electron chi connectivity index (χ1n) is 14.3. The normalized spacial score (nSPS) is 11.6. The quantitative estimate of drug-likeness (QED) is 0.168. The van der Waals surface area contributed by atoms with Gasteiger partial charge in [-0.05, 0) is 62.3 Å². The summed E-state index contributed by atoms with van der Waals surface area (Å²) in [5.41, 5.74) is 4.93. The highest BCUT2D eigenvalue weighted by atomic mass is 16.5. The zero-order valence-electron chi connectivity index (χ0n) is 23.6. The van der Waals surface area contributed by atoms with Gasteiger partial charge in [0.1, 0.15) is 0 Å². The third-order valence-corrected chi connectivity index (χ3v) is 6.80. The van der Waals surface area contributed by atoms with Crippen molar-refractivity contribution in [2.24, 2.45) is 0 Å². The minimum atomic E-state index is 0.675. The van der Waals surface area contributed by atoms with E-state index in [0.29, 0.717) is 13.2 Å². The fraction of sp³-hybridized carbons (Fsp3) is 0.625. The number of hydrogen-bond donors (Lipinski definition) is 0. The fourth-order valence-electron chi connectivity index (χ4n) is 4.25. The summed E-state index contributed by atoms with van der Waals surface area (Å²) in [5, 5.41) is 0. The summed E-state index contributed by atoms with van der Waals surface area (Å²) >= 11 is 0. The van der Waals surface area contributed by atoms with Crippen molar-refractivity contribution in [3.05, 3.63) is 59.7 Å². The molecule has 2 aromatic rings. The van der Waals surface area contributed by atoms with E-state index in [2.05, 4.69) is 86.3 Å². The first kappa shape index (κ1) is 30.5. The predicted molar refractivity (Wildman–Crippen MR) is 154 cm³/mol. The molecule has 0 aliphatic carbocycles. The number of unbranched alkanes of at least 4 members (excludes halogenated alkanes) is 6. The average molecular weight is 497 g/mol. The zero-order valence-corrected chi connectivity index (χ0v) is 23.6. The molecule has 4 nitrogen and oxygen atoms in total. The van der Waals surface area contributed by atoms with Gasteiger partial charge in [-0.1, -0.05) is 101 Å². The average Bonchev–Trinajstić information content (AvgIpc) is 2.90. The highest BCUT2D eigenvalue weighted by molar-refractivity contribution is 5.63. The third-order valence-electron chi connectivity index (χ3n) is 6.80. The molecule has 0 unspecified atom stereocenters. The molecule has 0 spiro atoms. The van der Waals surface area contributed by atoms with Gasteiger partial charge in [0.2, 0.25) is 0 Å². The maximum absolute atomic E-state index is 5.91. The summed E-state index contributed by atoms with van der Waals surface area (Å²) in [5.74, 6) is 0. The summed E-state index contributed by atoms with van der Waals surface area (Å²) in [4.78, 5) is 4.75. The van der Waals surface area contributed by atoms with Crippen LogP contribution in [0, 0.1) is 0 Å². The Labute approximate surface area is 222 Å². The van der Waals surface area contributed by atoms with Gasteiger partial charge in [-0.15, -0.1) is 0 Å². The summed E-state index contributed by atoms with van der Waals surface area (Å²) in [7, 11) is 4.38. The standard InChI is InChI=1S/C32H52N2O2/c1-5-7-9-11-21-33(3)23-25-35-27-29-13-17-31(18-14-29)32-19-15-30(16-20-32)28-36-26-24-34(4)22-12-10-8-6-2/h13-20H,5-12,21-28H2,1-4H3. The van der Waals surface area contributed by atoms with Gasteiger partial charge in [0.05, 0.1) is 26.4 Å². The molecule has 0 fully saturated rings. The minimum absolute atomic E-state index is 0.675. The van der Waals surface area contributed by atoms with E-state index in [9.17, 15) is 0 Å². The molecule has 2 rings (SSSR count). The van der Waals surface area contributed by atoms with Gasteiger partial charge in [-0.3, -0.25) is 0 Å². The summed E-state index contributed by atoms with van der Waals surface area (Å²) in [6.07, 6.45) is 10.5. The summed E-state index contributed by atoms with van der Waals surface area (Å²) in [6, 6.07) is 17.5. The topological polar surface area (TPSA) is 24.9 Å². The summed E-state index contributed by atoms with van der Waals surface area (Å²) < 4.78 is 11.8. The van der Waals surface area contributed by atoms with Gasteiger partial charge >= 0.3 is 0 Å². The fourth-order valence-corrected chi connectivity index (χ4v) is 4.25. The van der Waals surface area contributed by atoms with Gasteiger partial charge < -0.3 is 19.3 Å². The zero-order chi connectivity index (χ0) is 25.8. The van der Waals surface area contributed by atoms with E-state index in [1.807, 2.05) is 0 Å². The number of hydrogen-bond acceptors (Lipinski definition) is 4. The van der Waals surface area contributed by atoms with E-state index >= 15 is 0 Å². The van der Waals surface area contributed by atoms with Crippen LogP contribution in [0.5, 0.6) is 0 Å². The van der Waals surface area contributed by atoms with Crippen LogP contribution in [0.2, 0.25) is 0 Å². The molecule has 0 radical (unpaired) electrons. The SMILES string of the molecule is CCCCCCN(C)CCOCc1ccc(-c2ccc(COCCN(C)CCCCCC)cc2)cc1. The lowest BCUT2D eigenvalue weighted by Gasteiger charge is -2.16. The molecule has 0 bridgehead atoms. The minimum Gasteiger partial charge on any atom is -0.375 e. The van der Waals surface area contributed by atoms with E-state index in [4.69, 9.17) is 9.47 Å². The number of nitrogens with zero attached hydrogens (tertiary/aromatic N) is 2. The molecule has 0 saturated heterocycles. The molecule has 36 heavy (non-hydrogen) atoms.